The number of benzene rings is 1. The Labute approximate surface area is 148 Å². The first kappa shape index (κ1) is 18.5. The van der Waals surface area contributed by atoms with Crippen molar-refractivity contribution in [2.75, 3.05) is 26.1 Å². The van der Waals surface area contributed by atoms with Crippen LogP contribution < -0.4 is 15.4 Å². The maximum Gasteiger partial charge on any atom is 0.340 e. The molecule has 0 atom stereocenters. The molecule has 0 saturated carbocycles. The van der Waals surface area contributed by atoms with Gasteiger partial charge in [-0.2, -0.15) is 0 Å². The number of thiophene rings is 1. The third-order valence-corrected chi connectivity index (χ3v) is 4.16. The predicted octanol–water partition coefficient (Wildman–Crippen LogP) is 2.30. The maximum absolute atomic E-state index is 12.1. The quantitative estimate of drug-likeness (QED) is 0.737. The van der Waals surface area contributed by atoms with Crippen molar-refractivity contribution >= 4 is 34.8 Å². The topological polar surface area (TPSA) is 93.7 Å². The lowest BCUT2D eigenvalue weighted by molar-refractivity contribution is -0.116. The Morgan fingerprint density at radius 3 is 2.60 bits per heavy atom. The Bertz CT molecular complexity index is 758. The Kier molecular flexibility index (Phi) is 6.53. The second-order valence-electron chi connectivity index (χ2n) is 4.93. The lowest BCUT2D eigenvalue weighted by Gasteiger charge is -2.11. The molecular formula is C17H18N2O5S. The summed E-state index contributed by atoms with van der Waals surface area (Å²) in [6.45, 7) is 0.187. The lowest BCUT2D eigenvalue weighted by atomic mass is 10.1. The third kappa shape index (κ3) is 5.05. The van der Waals surface area contributed by atoms with Crippen LogP contribution in [-0.4, -0.2) is 38.5 Å². The van der Waals surface area contributed by atoms with Crippen LogP contribution in [0.15, 0.2) is 35.7 Å². The molecule has 0 aliphatic heterocycles. The van der Waals surface area contributed by atoms with E-state index in [2.05, 4.69) is 10.6 Å². The summed E-state index contributed by atoms with van der Waals surface area (Å²) >= 11 is 1.33. The number of carbonyl (C=O) groups excluding carboxylic acids is 3. The van der Waals surface area contributed by atoms with E-state index in [0.717, 1.165) is 0 Å². The van der Waals surface area contributed by atoms with Crippen LogP contribution >= 0.6 is 11.3 Å². The molecule has 0 bridgehead atoms. The fourth-order valence-electron chi connectivity index (χ4n) is 2.04. The van der Waals surface area contributed by atoms with Gasteiger partial charge in [-0.1, -0.05) is 6.07 Å². The Morgan fingerprint density at radius 1 is 1.16 bits per heavy atom. The van der Waals surface area contributed by atoms with Gasteiger partial charge in [0.1, 0.15) is 5.75 Å². The highest BCUT2D eigenvalue weighted by Gasteiger charge is 2.15. The van der Waals surface area contributed by atoms with E-state index < -0.39 is 5.97 Å². The van der Waals surface area contributed by atoms with Gasteiger partial charge < -0.3 is 20.1 Å². The number of anilines is 1. The van der Waals surface area contributed by atoms with Crippen molar-refractivity contribution in [1.82, 2.24) is 5.32 Å². The van der Waals surface area contributed by atoms with Gasteiger partial charge in [-0.3, -0.25) is 9.59 Å². The van der Waals surface area contributed by atoms with E-state index in [4.69, 9.17) is 9.47 Å². The van der Waals surface area contributed by atoms with Gasteiger partial charge in [0.2, 0.25) is 5.91 Å². The smallest absolute Gasteiger partial charge is 0.340 e. The van der Waals surface area contributed by atoms with Gasteiger partial charge in [0.05, 0.1) is 30.3 Å². The highest BCUT2D eigenvalue weighted by molar-refractivity contribution is 7.12. The molecule has 25 heavy (non-hydrogen) atoms. The number of nitrogens with one attached hydrogen (secondary N) is 2. The van der Waals surface area contributed by atoms with Crippen LogP contribution in [0.1, 0.15) is 26.5 Å². The van der Waals surface area contributed by atoms with E-state index in [1.165, 1.54) is 31.6 Å². The van der Waals surface area contributed by atoms with Crippen LogP contribution in [-0.2, 0) is 9.53 Å². The van der Waals surface area contributed by atoms with Gasteiger partial charge >= 0.3 is 5.97 Å². The number of amides is 2. The lowest BCUT2D eigenvalue weighted by Crippen LogP contribution is -2.27. The molecule has 2 aromatic rings. The number of hydrogen-bond acceptors (Lipinski definition) is 6. The monoisotopic (exact) mass is 362 g/mol. The van der Waals surface area contributed by atoms with E-state index in [0.29, 0.717) is 16.3 Å². The second kappa shape index (κ2) is 8.84. The van der Waals surface area contributed by atoms with Gasteiger partial charge in [-0.05, 0) is 29.6 Å². The van der Waals surface area contributed by atoms with Crippen LogP contribution in [0.25, 0.3) is 0 Å². The third-order valence-electron chi connectivity index (χ3n) is 3.29. The summed E-state index contributed by atoms with van der Waals surface area (Å²) in [5.41, 5.74) is 0.514. The molecule has 0 fully saturated rings. The molecule has 0 radical (unpaired) electrons. The van der Waals surface area contributed by atoms with E-state index in [1.54, 1.807) is 29.6 Å². The largest absolute Gasteiger partial charge is 0.497 e. The predicted molar refractivity (Wildman–Crippen MR) is 94.2 cm³/mol. The van der Waals surface area contributed by atoms with Crippen molar-refractivity contribution in [3.8, 4) is 5.75 Å². The molecule has 2 N–H and O–H groups in total. The van der Waals surface area contributed by atoms with E-state index >= 15 is 0 Å². The number of methoxy groups -OCH3 is 2. The Morgan fingerprint density at radius 2 is 1.96 bits per heavy atom. The molecule has 0 aliphatic carbocycles. The minimum absolute atomic E-state index is 0.0732. The van der Waals surface area contributed by atoms with Crippen LogP contribution in [0.3, 0.4) is 0 Å². The molecule has 1 aromatic carbocycles. The molecule has 2 rings (SSSR count). The van der Waals surface area contributed by atoms with Crippen molar-refractivity contribution in [2.45, 2.75) is 6.42 Å². The first-order valence-electron chi connectivity index (χ1n) is 7.43. The van der Waals surface area contributed by atoms with Gasteiger partial charge in [0, 0.05) is 13.0 Å². The van der Waals surface area contributed by atoms with Gasteiger partial charge in [-0.15, -0.1) is 11.3 Å². The molecule has 0 saturated heterocycles. The molecule has 2 amide bonds. The van der Waals surface area contributed by atoms with E-state index in [-0.39, 0.29) is 30.3 Å². The van der Waals surface area contributed by atoms with Gasteiger partial charge in [-0.25, -0.2) is 4.79 Å². The minimum Gasteiger partial charge on any atom is -0.497 e. The van der Waals surface area contributed by atoms with Gasteiger partial charge in [0.25, 0.3) is 5.91 Å². The standard InChI is InChI=1S/C17H18N2O5S/c1-23-11-5-6-13(12(10-11)17(22)24-2)19-15(20)7-8-18-16(21)14-4-3-9-25-14/h3-6,9-10H,7-8H2,1-2H3,(H,18,21)(H,19,20). The Hall–Kier alpha value is -2.87. The average Bonchev–Trinajstić information content (AvgIpc) is 3.16. The summed E-state index contributed by atoms with van der Waals surface area (Å²) in [4.78, 5) is 36.3. The summed E-state index contributed by atoms with van der Waals surface area (Å²) in [5, 5.41) is 7.11. The molecule has 1 heterocycles. The summed E-state index contributed by atoms with van der Waals surface area (Å²) in [6.07, 6.45) is 0.0732. The first-order chi connectivity index (χ1) is 12.0. The van der Waals surface area contributed by atoms with Crippen molar-refractivity contribution in [1.29, 1.82) is 0 Å². The van der Waals surface area contributed by atoms with Crippen molar-refractivity contribution in [2.24, 2.45) is 0 Å². The number of rotatable bonds is 7. The average molecular weight is 362 g/mol. The number of ether oxygens (including phenoxy) is 2. The number of hydrogen-bond donors (Lipinski definition) is 2. The Balaban J connectivity index is 1.93. The SMILES string of the molecule is COC(=O)c1cc(OC)ccc1NC(=O)CCNC(=O)c1cccs1. The zero-order valence-electron chi connectivity index (χ0n) is 13.8. The number of esters is 1. The van der Waals surface area contributed by atoms with Crippen LogP contribution in [0.4, 0.5) is 5.69 Å². The second-order valence-corrected chi connectivity index (χ2v) is 5.88. The molecule has 132 valence electrons. The van der Waals surface area contributed by atoms with Gasteiger partial charge in [0.15, 0.2) is 0 Å². The zero-order chi connectivity index (χ0) is 18.2. The molecule has 0 spiro atoms. The minimum atomic E-state index is -0.583. The van der Waals surface area contributed by atoms with Crippen LogP contribution in [0, 0.1) is 0 Å². The molecule has 8 heteroatoms. The normalized spacial score (nSPS) is 10.0. The van der Waals surface area contributed by atoms with Crippen LogP contribution in [0.2, 0.25) is 0 Å². The summed E-state index contributed by atoms with van der Waals surface area (Å²) in [7, 11) is 2.73. The summed E-state index contributed by atoms with van der Waals surface area (Å²) in [5.74, 6) is -0.661. The van der Waals surface area contributed by atoms with Crippen LogP contribution in [0.5, 0.6) is 5.75 Å². The fraction of sp³-hybridized carbons (Fsp3) is 0.235. The summed E-state index contributed by atoms with van der Waals surface area (Å²) in [6, 6.07) is 8.16. The summed E-state index contributed by atoms with van der Waals surface area (Å²) < 4.78 is 9.78. The zero-order valence-corrected chi connectivity index (χ0v) is 14.6. The molecular weight excluding hydrogens is 344 g/mol. The highest BCUT2D eigenvalue weighted by atomic mass is 32.1. The fourth-order valence-corrected chi connectivity index (χ4v) is 2.68. The van der Waals surface area contributed by atoms with Crippen molar-refractivity contribution in [3.63, 3.8) is 0 Å². The highest BCUT2D eigenvalue weighted by Crippen LogP contribution is 2.23. The first-order valence-corrected chi connectivity index (χ1v) is 8.31. The molecule has 0 aliphatic rings. The molecule has 7 nitrogen and oxygen atoms in total. The van der Waals surface area contributed by atoms with E-state index in [1.807, 2.05) is 0 Å². The number of carbonyl (C=O) groups is 3. The van der Waals surface area contributed by atoms with Crippen molar-refractivity contribution in [3.05, 3.63) is 46.2 Å². The molecule has 0 unspecified atom stereocenters. The molecule has 1 aromatic heterocycles. The van der Waals surface area contributed by atoms with E-state index in [9.17, 15) is 14.4 Å². The maximum atomic E-state index is 12.1. The van der Waals surface area contributed by atoms with Crippen molar-refractivity contribution < 1.29 is 23.9 Å².